The van der Waals surface area contributed by atoms with Crippen molar-refractivity contribution in [3.63, 3.8) is 0 Å². The van der Waals surface area contributed by atoms with Crippen LogP contribution in [0, 0.1) is 11.8 Å². The summed E-state index contributed by atoms with van der Waals surface area (Å²) in [6.45, 7) is 2.97. The molecule has 2 amide bonds. The molecule has 8 heteroatoms. The van der Waals surface area contributed by atoms with Gasteiger partial charge >= 0.3 is 12.1 Å². The number of nitrogens with one attached hydrogen (secondary N) is 2. The minimum Gasteiger partial charge on any atom is -0.481 e. The molecule has 2 bridgehead atoms. The van der Waals surface area contributed by atoms with Gasteiger partial charge in [-0.1, -0.05) is 25.5 Å². The maximum absolute atomic E-state index is 12.0. The van der Waals surface area contributed by atoms with E-state index in [1.807, 2.05) is 18.7 Å². The molecule has 29 heavy (non-hydrogen) atoms. The summed E-state index contributed by atoms with van der Waals surface area (Å²) in [5, 5.41) is 15.5. The number of alkyl carbamates (subject to hydrolysis) is 1. The Hall–Kier alpha value is -1.70. The number of thioether (sulfide) groups is 1. The normalized spacial score (nSPS) is 25.3. The number of amides is 2. The van der Waals surface area contributed by atoms with Gasteiger partial charge in [-0.05, 0) is 50.4 Å². The Balaban J connectivity index is 1.68. The largest absolute Gasteiger partial charge is 0.481 e. The second-order valence-corrected chi connectivity index (χ2v) is 9.25. The fraction of sp³-hybridized carbons (Fsp3) is 0.762. The highest BCUT2D eigenvalue weighted by molar-refractivity contribution is 8.01. The van der Waals surface area contributed by atoms with Crippen LogP contribution in [0.2, 0.25) is 0 Å². The van der Waals surface area contributed by atoms with Crippen LogP contribution < -0.4 is 10.6 Å². The van der Waals surface area contributed by atoms with Gasteiger partial charge in [-0.2, -0.15) is 11.8 Å². The molecule has 0 saturated carbocycles. The van der Waals surface area contributed by atoms with Gasteiger partial charge in [0.1, 0.15) is 0 Å². The van der Waals surface area contributed by atoms with E-state index in [4.69, 9.17) is 9.84 Å². The van der Waals surface area contributed by atoms with E-state index >= 15 is 0 Å². The molecule has 2 aliphatic heterocycles. The molecule has 164 valence electrons. The second kappa shape index (κ2) is 12.8. The standard InChI is InChI=1S/C21H34N2O5S/c1-2-3-12-22-21(27)28-14-19(24)23-13-16-15(17-10-11-18(16)29-17)8-6-4-5-7-9-20(25)26/h4,6,15-18H,2-3,5,7-14H2,1H3,(H,22,27)(H,23,24)(H,25,26)/t15-,16+,17-,18+/m1/s1. The van der Waals surface area contributed by atoms with Gasteiger partial charge < -0.3 is 20.5 Å². The molecule has 0 aromatic carbocycles. The van der Waals surface area contributed by atoms with Crippen LogP contribution >= 0.6 is 11.8 Å². The van der Waals surface area contributed by atoms with Gasteiger partial charge in [0, 0.05) is 30.0 Å². The highest BCUT2D eigenvalue weighted by atomic mass is 32.2. The van der Waals surface area contributed by atoms with Crippen LogP contribution in [0.25, 0.3) is 0 Å². The van der Waals surface area contributed by atoms with E-state index in [-0.39, 0.29) is 18.9 Å². The number of carboxylic acids is 1. The summed E-state index contributed by atoms with van der Waals surface area (Å²) in [6.07, 6.45) is 10.7. The van der Waals surface area contributed by atoms with Crippen molar-refractivity contribution in [3.05, 3.63) is 12.2 Å². The van der Waals surface area contributed by atoms with Crippen LogP contribution in [0.15, 0.2) is 12.2 Å². The lowest BCUT2D eigenvalue weighted by Gasteiger charge is -2.29. The Morgan fingerprint density at radius 1 is 1.10 bits per heavy atom. The van der Waals surface area contributed by atoms with Gasteiger partial charge in [-0.3, -0.25) is 9.59 Å². The van der Waals surface area contributed by atoms with Crippen molar-refractivity contribution < 1.29 is 24.2 Å². The number of fused-ring (bicyclic) bond motifs is 2. The zero-order chi connectivity index (χ0) is 21.1. The van der Waals surface area contributed by atoms with Crippen LogP contribution in [0.4, 0.5) is 4.79 Å². The Morgan fingerprint density at radius 2 is 1.86 bits per heavy atom. The highest BCUT2D eigenvalue weighted by Crippen LogP contribution is 2.54. The van der Waals surface area contributed by atoms with Crippen molar-refractivity contribution in [3.8, 4) is 0 Å². The van der Waals surface area contributed by atoms with Gasteiger partial charge in [0.25, 0.3) is 5.91 Å². The van der Waals surface area contributed by atoms with E-state index < -0.39 is 12.1 Å². The Morgan fingerprint density at radius 3 is 2.59 bits per heavy atom. The van der Waals surface area contributed by atoms with Crippen LogP contribution in [0.3, 0.4) is 0 Å². The number of hydrogen-bond acceptors (Lipinski definition) is 5. The molecule has 3 N–H and O–H groups in total. The summed E-state index contributed by atoms with van der Waals surface area (Å²) < 4.78 is 4.95. The summed E-state index contributed by atoms with van der Waals surface area (Å²) in [5.41, 5.74) is 0. The summed E-state index contributed by atoms with van der Waals surface area (Å²) in [6, 6.07) is 0. The van der Waals surface area contributed by atoms with E-state index in [0.717, 1.165) is 25.7 Å². The molecule has 2 heterocycles. The predicted octanol–water partition coefficient (Wildman–Crippen LogP) is 3.34. The lowest BCUT2D eigenvalue weighted by molar-refractivity contribution is -0.137. The van der Waals surface area contributed by atoms with Gasteiger partial charge in [0.15, 0.2) is 6.61 Å². The Bertz CT molecular complexity index is 583. The Kier molecular flexibility index (Phi) is 10.4. The van der Waals surface area contributed by atoms with E-state index in [1.54, 1.807) is 0 Å². The van der Waals surface area contributed by atoms with Gasteiger partial charge in [0.2, 0.25) is 0 Å². The number of carboxylic acid groups (broad SMARTS) is 1. The highest BCUT2D eigenvalue weighted by Gasteiger charge is 2.47. The SMILES string of the molecule is CCCCNC(=O)OCC(=O)NC[C@H]1[C@@H](CC=CCCCC(=O)O)[C@H]2CC[C@@H]1S2. The van der Waals surface area contributed by atoms with Crippen molar-refractivity contribution >= 4 is 29.7 Å². The van der Waals surface area contributed by atoms with Gasteiger partial charge in [-0.15, -0.1) is 0 Å². The van der Waals surface area contributed by atoms with Gasteiger partial charge in [0.05, 0.1) is 0 Å². The molecule has 4 atom stereocenters. The predicted molar refractivity (Wildman–Crippen MR) is 114 cm³/mol. The number of allylic oxidation sites excluding steroid dienone is 2. The van der Waals surface area contributed by atoms with Crippen molar-refractivity contribution in [2.24, 2.45) is 11.8 Å². The molecule has 2 aliphatic rings. The Labute approximate surface area is 177 Å². The first kappa shape index (κ1) is 23.6. The average molecular weight is 427 g/mol. The zero-order valence-corrected chi connectivity index (χ0v) is 18.0. The molecule has 0 aromatic rings. The summed E-state index contributed by atoms with van der Waals surface area (Å²) in [7, 11) is 0. The number of rotatable bonds is 13. The monoisotopic (exact) mass is 426 g/mol. The minimum atomic E-state index is -0.749. The third-order valence-electron chi connectivity index (χ3n) is 5.60. The first-order chi connectivity index (χ1) is 14.0. The molecule has 2 rings (SSSR count). The molecular weight excluding hydrogens is 392 g/mol. The lowest BCUT2D eigenvalue weighted by atomic mass is 9.77. The topological polar surface area (TPSA) is 105 Å². The van der Waals surface area contributed by atoms with Crippen molar-refractivity contribution in [2.75, 3.05) is 19.7 Å². The zero-order valence-electron chi connectivity index (χ0n) is 17.2. The van der Waals surface area contributed by atoms with Gasteiger partial charge in [-0.25, -0.2) is 4.79 Å². The number of ether oxygens (including phenoxy) is 1. The first-order valence-electron chi connectivity index (χ1n) is 10.7. The fourth-order valence-electron chi connectivity index (χ4n) is 4.05. The van der Waals surface area contributed by atoms with E-state index in [0.29, 0.717) is 41.8 Å². The number of hydrogen-bond donors (Lipinski definition) is 3. The van der Waals surface area contributed by atoms with Crippen LogP contribution in [0.1, 0.15) is 58.3 Å². The van der Waals surface area contributed by atoms with Crippen molar-refractivity contribution in [2.45, 2.75) is 68.8 Å². The third-order valence-corrected chi connectivity index (χ3v) is 7.47. The quantitative estimate of drug-likeness (QED) is 0.308. The molecule has 0 radical (unpaired) electrons. The smallest absolute Gasteiger partial charge is 0.407 e. The number of carbonyl (C=O) groups is 3. The summed E-state index contributed by atoms with van der Waals surface area (Å²) >= 11 is 2.04. The molecular formula is C21H34N2O5S. The number of unbranched alkanes of at least 4 members (excludes halogenated alkanes) is 2. The maximum atomic E-state index is 12.0. The van der Waals surface area contributed by atoms with E-state index in [2.05, 4.69) is 22.8 Å². The fourth-order valence-corrected chi connectivity index (χ4v) is 6.06. The lowest BCUT2D eigenvalue weighted by Crippen LogP contribution is -2.40. The summed E-state index contributed by atoms with van der Waals surface area (Å²) in [5.74, 6) is -0.0368. The number of aliphatic carboxylic acids is 1. The number of carbonyl (C=O) groups excluding carboxylic acids is 2. The van der Waals surface area contributed by atoms with E-state index in [1.165, 1.54) is 12.8 Å². The van der Waals surface area contributed by atoms with Crippen molar-refractivity contribution in [1.82, 2.24) is 10.6 Å². The summed E-state index contributed by atoms with van der Waals surface area (Å²) in [4.78, 5) is 34.1. The third kappa shape index (κ3) is 8.28. The molecule has 2 fully saturated rings. The molecule has 0 spiro atoms. The first-order valence-corrected chi connectivity index (χ1v) is 11.6. The molecule has 0 unspecified atom stereocenters. The molecule has 7 nitrogen and oxygen atoms in total. The van der Waals surface area contributed by atoms with Crippen molar-refractivity contribution in [1.29, 1.82) is 0 Å². The van der Waals surface area contributed by atoms with Crippen LogP contribution in [0.5, 0.6) is 0 Å². The molecule has 0 aliphatic carbocycles. The van der Waals surface area contributed by atoms with E-state index in [9.17, 15) is 14.4 Å². The molecule has 2 saturated heterocycles. The minimum absolute atomic E-state index is 0.210. The average Bonchev–Trinajstić information content (AvgIpc) is 3.29. The maximum Gasteiger partial charge on any atom is 0.407 e. The van der Waals surface area contributed by atoms with Crippen LogP contribution in [-0.4, -0.2) is 53.3 Å². The van der Waals surface area contributed by atoms with Crippen LogP contribution in [-0.2, 0) is 14.3 Å². The second-order valence-electron chi connectivity index (χ2n) is 7.77. The molecule has 0 aromatic heterocycles.